The highest BCUT2D eigenvalue weighted by molar-refractivity contribution is 7.91. The summed E-state index contributed by atoms with van der Waals surface area (Å²) in [4.78, 5) is 4.26. The summed E-state index contributed by atoms with van der Waals surface area (Å²) >= 11 is 0. The number of benzene rings is 1. The first kappa shape index (κ1) is 12.9. The van der Waals surface area contributed by atoms with Crippen molar-refractivity contribution in [3.8, 4) is 6.07 Å². The predicted molar refractivity (Wildman–Crippen MR) is 75.8 cm³/mol. The molecule has 0 spiro atoms. The molecule has 0 amide bonds. The number of rotatable bonds is 1. The SMILES string of the molecule is CC1(n2c(N)nc3ccc(C#N)cc32)CCS(=O)(=O)C1. The Morgan fingerprint density at radius 1 is 1.50 bits per heavy atom. The maximum Gasteiger partial charge on any atom is 0.201 e. The van der Waals surface area contributed by atoms with Gasteiger partial charge >= 0.3 is 0 Å². The number of nitriles is 1. The Morgan fingerprint density at radius 3 is 2.85 bits per heavy atom. The standard InChI is InChI=1S/C13H14N4O2S/c1-13(4-5-20(18,19)8-13)17-11-6-9(7-14)2-3-10(11)16-12(17)15/h2-3,6H,4-5,8H2,1H3,(H2,15,16). The molecule has 3 rings (SSSR count). The quantitative estimate of drug-likeness (QED) is 0.845. The van der Waals surface area contributed by atoms with E-state index in [2.05, 4.69) is 11.1 Å². The van der Waals surface area contributed by atoms with E-state index in [4.69, 9.17) is 11.0 Å². The van der Waals surface area contributed by atoms with E-state index in [-0.39, 0.29) is 17.5 Å². The van der Waals surface area contributed by atoms with E-state index in [0.29, 0.717) is 23.0 Å². The molecule has 0 radical (unpaired) electrons. The van der Waals surface area contributed by atoms with Crippen LogP contribution in [0, 0.1) is 11.3 Å². The minimum atomic E-state index is -3.05. The summed E-state index contributed by atoms with van der Waals surface area (Å²) in [5.74, 6) is 0.488. The smallest absolute Gasteiger partial charge is 0.201 e. The number of fused-ring (bicyclic) bond motifs is 1. The van der Waals surface area contributed by atoms with Gasteiger partial charge in [-0.15, -0.1) is 0 Å². The number of sulfone groups is 1. The molecule has 104 valence electrons. The first-order chi connectivity index (χ1) is 9.35. The third-order valence-corrected chi connectivity index (χ3v) is 5.72. The van der Waals surface area contributed by atoms with Gasteiger partial charge in [0.25, 0.3) is 0 Å². The molecule has 0 bridgehead atoms. The molecule has 1 aliphatic rings. The van der Waals surface area contributed by atoms with Crippen LogP contribution in [0.2, 0.25) is 0 Å². The van der Waals surface area contributed by atoms with Crippen LogP contribution in [0.4, 0.5) is 5.95 Å². The Labute approximate surface area is 116 Å². The van der Waals surface area contributed by atoms with Crippen LogP contribution < -0.4 is 5.73 Å². The van der Waals surface area contributed by atoms with Crippen molar-refractivity contribution in [1.29, 1.82) is 5.26 Å². The van der Waals surface area contributed by atoms with E-state index < -0.39 is 15.4 Å². The highest BCUT2D eigenvalue weighted by Crippen LogP contribution is 2.36. The van der Waals surface area contributed by atoms with Crippen molar-refractivity contribution >= 4 is 26.8 Å². The van der Waals surface area contributed by atoms with Crippen molar-refractivity contribution in [2.45, 2.75) is 18.9 Å². The van der Waals surface area contributed by atoms with Crippen LogP contribution in [0.1, 0.15) is 18.9 Å². The third-order valence-electron chi connectivity index (χ3n) is 3.83. The number of hydrogen-bond donors (Lipinski definition) is 1. The Bertz CT molecular complexity index is 847. The second-order valence-electron chi connectivity index (χ2n) is 5.46. The molecule has 1 unspecified atom stereocenters. The van der Waals surface area contributed by atoms with Gasteiger partial charge in [0.05, 0.1) is 39.7 Å². The average molecular weight is 290 g/mol. The minimum Gasteiger partial charge on any atom is -0.369 e. The number of nitrogens with two attached hydrogens (primary N) is 1. The Morgan fingerprint density at radius 2 is 2.25 bits per heavy atom. The van der Waals surface area contributed by atoms with Gasteiger partial charge in [0.2, 0.25) is 5.95 Å². The van der Waals surface area contributed by atoms with E-state index in [1.165, 1.54) is 0 Å². The molecule has 1 aliphatic heterocycles. The average Bonchev–Trinajstić information content (AvgIpc) is 2.85. The molecule has 0 saturated carbocycles. The first-order valence-corrected chi connectivity index (χ1v) is 8.06. The molecule has 1 fully saturated rings. The van der Waals surface area contributed by atoms with Gasteiger partial charge < -0.3 is 10.3 Å². The number of aromatic nitrogens is 2. The maximum absolute atomic E-state index is 11.8. The molecule has 1 aromatic heterocycles. The fraction of sp³-hybridized carbons (Fsp3) is 0.385. The molecule has 2 aromatic rings. The molecule has 2 N–H and O–H groups in total. The van der Waals surface area contributed by atoms with E-state index in [1.807, 2.05) is 6.92 Å². The molecule has 1 aromatic carbocycles. The lowest BCUT2D eigenvalue weighted by Gasteiger charge is -2.26. The van der Waals surface area contributed by atoms with Crippen LogP contribution in [-0.2, 0) is 15.4 Å². The molecule has 2 heterocycles. The number of anilines is 1. The topological polar surface area (TPSA) is 102 Å². The predicted octanol–water partition coefficient (Wildman–Crippen LogP) is 1.02. The summed E-state index contributed by atoms with van der Waals surface area (Å²) < 4.78 is 25.3. The molecule has 7 heteroatoms. The third kappa shape index (κ3) is 1.84. The van der Waals surface area contributed by atoms with Crippen LogP contribution in [0.5, 0.6) is 0 Å². The minimum absolute atomic E-state index is 0.0481. The van der Waals surface area contributed by atoms with Gasteiger partial charge in [0, 0.05) is 0 Å². The lowest BCUT2D eigenvalue weighted by Crippen LogP contribution is -2.32. The fourth-order valence-corrected chi connectivity index (χ4v) is 5.02. The van der Waals surface area contributed by atoms with Crippen molar-refractivity contribution in [2.75, 3.05) is 17.2 Å². The van der Waals surface area contributed by atoms with Crippen molar-refractivity contribution in [2.24, 2.45) is 0 Å². The number of nitrogen functional groups attached to an aromatic ring is 1. The van der Waals surface area contributed by atoms with E-state index in [0.717, 1.165) is 0 Å². The summed E-state index contributed by atoms with van der Waals surface area (Å²) in [6, 6.07) is 7.18. The van der Waals surface area contributed by atoms with Gasteiger partial charge in [0.1, 0.15) is 0 Å². The Kier molecular flexibility index (Phi) is 2.56. The van der Waals surface area contributed by atoms with Crippen LogP contribution in [0.15, 0.2) is 18.2 Å². The molecule has 0 aliphatic carbocycles. The van der Waals surface area contributed by atoms with Gasteiger partial charge in [-0.2, -0.15) is 5.26 Å². The number of imidazole rings is 1. The fourth-order valence-electron chi connectivity index (χ4n) is 2.90. The van der Waals surface area contributed by atoms with Gasteiger partial charge in [-0.1, -0.05) is 0 Å². The molecular formula is C13H14N4O2S. The van der Waals surface area contributed by atoms with E-state index >= 15 is 0 Å². The largest absolute Gasteiger partial charge is 0.369 e. The van der Waals surface area contributed by atoms with E-state index in [9.17, 15) is 8.42 Å². The number of hydrogen-bond acceptors (Lipinski definition) is 5. The molecule has 1 atom stereocenters. The van der Waals surface area contributed by atoms with E-state index in [1.54, 1.807) is 22.8 Å². The molecule has 6 nitrogen and oxygen atoms in total. The molecular weight excluding hydrogens is 276 g/mol. The summed E-state index contributed by atoms with van der Waals surface area (Å²) in [7, 11) is -3.05. The highest BCUT2D eigenvalue weighted by atomic mass is 32.2. The van der Waals surface area contributed by atoms with Crippen LogP contribution in [0.25, 0.3) is 11.0 Å². The summed E-state index contributed by atoms with van der Waals surface area (Å²) in [5, 5.41) is 9.00. The Hall–Kier alpha value is -2.07. The normalized spacial score (nSPS) is 24.8. The van der Waals surface area contributed by atoms with Crippen molar-refractivity contribution < 1.29 is 8.42 Å². The van der Waals surface area contributed by atoms with Gasteiger partial charge in [-0.05, 0) is 31.5 Å². The van der Waals surface area contributed by atoms with Gasteiger partial charge in [-0.25, -0.2) is 13.4 Å². The molecule has 1 saturated heterocycles. The second kappa shape index (κ2) is 3.96. The monoisotopic (exact) mass is 290 g/mol. The zero-order valence-electron chi connectivity index (χ0n) is 11.0. The first-order valence-electron chi connectivity index (χ1n) is 6.24. The van der Waals surface area contributed by atoms with Crippen molar-refractivity contribution in [3.05, 3.63) is 23.8 Å². The van der Waals surface area contributed by atoms with Crippen LogP contribution in [0.3, 0.4) is 0 Å². The number of nitrogens with zero attached hydrogens (tertiary/aromatic N) is 3. The Balaban J connectivity index is 2.26. The lowest BCUT2D eigenvalue weighted by molar-refractivity contribution is 0.381. The van der Waals surface area contributed by atoms with Crippen LogP contribution >= 0.6 is 0 Å². The zero-order chi connectivity index (χ0) is 14.5. The van der Waals surface area contributed by atoms with Crippen molar-refractivity contribution in [1.82, 2.24) is 9.55 Å². The van der Waals surface area contributed by atoms with Gasteiger partial charge in [-0.3, -0.25) is 0 Å². The molecule has 20 heavy (non-hydrogen) atoms. The van der Waals surface area contributed by atoms with Crippen LogP contribution in [-0.4, -0.2) is 29.5 Å². The summed E-state index contributed by atoms with van der Waals surface area (Å²) in [5.41, 5.74) is 7.25. The second-order valence-corrected chi connectivity index (χ2v) is 7.64. The summed E-state index contributed by atoms with van der Waals surface area (Å²) in [6.07, 6.45) is 0.502. The highest BCUT2D eigenvalue weighted by Gasteiger charge is 2.41. The van der Waals surface area contributed by atoms with Crippen molar-refractivity contribution in [3.63, 3.8) is 0 Å². The summed E-state index contributed by atoms with van der Waals surface area (Å²) in [6.45, 7) is 1.87. The zero-order valence-corrected chi connectivity index (χ0v) is 11.8. The maximum atomic E-state index is 11.8. The lowest BCUT2D eigenvalue weighted by atomic mass is 10.0. The van der Waals surface area contributed by atoms with Gasteiger partial charge in [0.15, 0.2) is 9.84 Å².